The highest BCUT2D eigenvalue weighted by Crippen LogP contribution is 2.35. The van der Waals surface area contributed by atoms with Gasteiger partial charge in [-0.05, 0) is 73.0 Å². The molecule has 0 fully saturated rings. The van der Waals surface area contributed by atoms with Gasteiger partial charge in [-0.15, -0.1) is 0 Å². The first-order valence-corrected chi connectivity index (χ1v) is 16.2. The minimum atomic E-state index is -0.897. The second-order valence-corrected chi connectivity index (χ2v) is 12.0. The molecule has 2 heterocycles. The summed E-state index contributed by atoms with van der Waals surface area (Å²) < 4.78 is 33.3. The molecule has 5 aromatic rings. The molecule has 0 unspecified atom stereocenters. The Hall–Kier alpha value is -4.99. The summed E-state index contributed by atoms with van der Waals surface area (Å²) in [7, 11) is 0. The van der Waals surface area contributed by atoms with Gasteiger partial charge in [-0.1, -0.05) is 83.6 Å². The van der Waals surface area contributed by atoms with Gasteiger partial charge in [0, 0.05) is 10.6 Å². The van der Waals surface area contributed by atoms with Crippen molar-refractivity contribution in [3.8, 4) is 11.5 Å². The molecule has 0 aliphatic carbocycles. The van der Waals surface area contributed by atoms with Crippen molar-refractivity contribution in [2.75, 3.05) is 13.2 Å². The molecule has 238 valence electrons. The number of esters is 1. The van der Waals surface area contributed by atoms with Crippen LogP contribution in [0.4, 0.5) is 4.39 Å². The van der Waals surface area contributed by atoms with Crippen LogP contribution in [0.15, 0.2) is 112 Å². The maximum Gasteiger partial charge on any atom is 0.338 e. The average molecular weight is 669 g/mol. The lowest BCUT2D eigenvalue weighted by atomic mass is 9.93. The van der Waals surface area contributed by atoms with Crippen LogP contribution in [-0.4, -0.2) is 23.8 Å². The summed E-state index contributed by atoms with van der Waals surface area (Å²) in [6.45, 7) is 4.47. The average Bonchev–Trinajstić information content (AvgIpc) is 3.39. The second kappa shape index (κ2) is 14.2. The van der Waals surface area contributed by atoms with Crippen LogP contribution in [0.5, 0.6) is 11.5 Å². The van der Waals surface area contributed by atoms with Crippen LogP contribution in [0.3, 0.4) is 0 Å². The number of benzene rings is 4. The van der Waals surface area contributed by atoms with Crippen molar-refractivity contribution in [1.29, 1.82) is 0 Å². The molecule has 0 saturated heterocycles. The third kappa shape index (κ3) is 6.91. The number of carbonyl (C=O) groups is 1. The van der Waals surface area contributed by atoms with Crippen LogP contribution < -0.4 is 24.4 Å². The van der Waals surface area contributed by atoms with Gasteiger partial charge >= 0.3 is 5.97 Å². The third-order valence-electron chi connectivity index (χ3n) is 7.43. The number of hydrogen-bond acceptors (Lipinski definition) is 7. The van der Waals surface area contributed by atoms with Gasteiger partial charge in [0.2, 0.25) is 0 Å². The fourth-order valence-corrected chi connectivity index (χ4v) is 6.42. The third-order valence-corrected chi connectivity index (χ3v) is 8.67. The second-order valence-electron chi connectivity index (χ2n) is 10.5. The molecule has 1 aliphatic rings. The van der Waals surface area contributed by atoms with Gasteiger partial charge in [-0.25, -0.2) is 14.2 Å². The normalized spacial score (nSPS) is 14.4. The molecule has 4 aromatic carbocycles. The highest BCUT2D eigenvalue weighted by molar-refractivity contribution is 7.07. The van der Waals surface area contributed by atoms with E-state index >= 15 is 0 Å². The monoisotopic (exact) mass is 668 g/mol. The molecule has 6 rings (SSSR count). The van der Waals surface area contributed by atoms with E-state index in [4.69, 9.17) is 30.8 Å². The molecular formula is C37H30ClFN2O5S. The Bertz CT molecular complexity index is 2130. The van der Waals surface area contributed by atoms with Gasteiger partial charge in [0.25, 0.3) is 5.56 Å². The summed E-state index contributed by atoms with van der Waals surface area (Å²) in [5, 5.41) is 0.649. The fraction of sp³-hybridized carbons (Fsp3) is 0.162. The van der Waals surface area contributed by atoms with Crippen LogP contribution >= 0.6 is 22.9 Å². The van der Waals surface area contributed by atoms with Crippen LogP contribution in [0.25, 0.3) is 11.8 Å². The van der Waals surface area contributed by atoms with E-state index in [0.717, 1.165) is 5.56 Å². The van der Waals surface area contributed by atoms with E-state index in [1.165, 1.54) is 28.0 Å². The number of aromatic nitrogens is 1. The van der Waals surface area contributed by atoms with Gasteiger partial charge < -0.3 is 14.2 Å². The maximum absolute atomic E-state index is 14.2. The van der Waals surface area contributed by atoms with Gasteiger partial charge in [-0.2, -0.15) is 0 Å². The lowest BCUT2D eigenvalue weighted by Gasteiger charge is -2.25. The van der Waals surface area contributed by atoms with Gasteiger partial charge in [0.05, 0.1) is 35.1 Å². The Kier molecular flexibility index (Phi) is 9.65. The van der Waals surface area contributed by atoms with E-state index in [9.17, 15) is 14.0 Å². The van der Waals surface area contributed by atoms with Crippen molar-refractivity contribution in [2.45, 2.75) is 26.5 Å². The molecule has 0 spiro atoms. The molecule has 0 radical (unpaired) electrons. The van der Waals surface area contributed by atoms with Crippen molar-refractivity contribution >= 4 is 40.7 Å². The molecule has 0 bridgehead atoms. The number of rotatable bonds is 10. The maximum atomic E-state index is 14.2. The molecule has 10 heteroatoms. The molecule has 1 aliphatic heterocycles. The summed E-state index contributed by atoms with van der Waals surface area (Å²) in [6.07, 6.45) is 1.76. The van der Waals surface area contributed by atoms with Crippen molar-refractivity contribution < 1.29 is 23.4 Å². The molecule has 0 saturated carbocycles. The Morgan fingerprint density at radius 3 is 2.38 bits per heavy atom. The number of ether oxygens (including phenoxy) is 3. The fourth-order valence-electron chi connectivity index (χ4n) is 5.30. The predicted molar refractivity (Wildman–Crippen MR) is 181 cm³/mol. The van der Waals surface area contributed by atoms with E-state index in [1.54, 1.807) is 31.2 Å². The number of hydrogen-bond donors (Lipinski definition) is 0. The van der Waals surface area contributed by atoms with Gasteiger partial charge in [-0.3, -0.25) is 9.36 Å². The molecular weight excluding hydrogens is 639 g/mol. The van der Waals surface area contributed by atoms with Crippen molar-refractivity contribution in [3.63, 3.8) is 0 Å². The Morgan fingerprint density at radius 1 is 0.936 bits per heavy atom. The first-order chi connectivity index (χ1) is 22.9. The Labute approximate surface area is 279 Å². The van der Waals surface area contributed by atoms with Crippen LogP contribution in [0.2, 0.25) is 5.02 Å². The Balaban J connectivity index is 1.47. The zero-order valence-corrected chi connectivity index (χ0v) is 27.2. The largest absolute Gasteiger partial charge is 0.490 e. The SMILES string of the molecule is CCOC(=O)C1=C(c2ccccc2)N=c2s/c(=C\c3ccc(OCc4ccc(Cl)cc4)c(OCC)c3)c(=O)n2[C@H]1c1ccc(F)cc1. The molecule has 1 atom stereocenters. The zero-order chi connectivity index (χ0) is 32.9. The summed E-state index contributed by atoms with van der Waals surface area (Å²) in [5.74, 6) is 0.0532. The summed E-state index contributed by atoms with van der Waals surface area (Å²) >= 11 is 7.21. The quantitative estimate of drug-likeness (QED) is 0.155. The smallest absolute Gasteiger partial charge is 0.338 e. The summed E-state index contributed by atoms with van der Waals surface area (Å²) in [6, 6.07) is 27.0. The van der Waals surface area contributed by atoms with E-state index < -0.39 is 17.8 Å². The number of halogens is 2. The van der Waals surface area contributed by atoms with E-state index in [0.29, 0.717) is 61.5 Å². The predicted octanol–water partition coefficient (Wildman–Crippen LogP) is 6.71. The minimum Gasteiger partial charge on any atom is -0.490 e. The highest BCUT2D eigenvalue weighted by atomic mass is 35.5. The molecule has 0 amide bonds. The minimum absolute atomic E-state index is 0.131. The molecule has 1 aromatic heterocycles. The summed E-state index contributed by atoms with van der Waals surface area (Å²) in [4.78, 5) is 33.0. The molecule has 7 nitrogen and oxygen atoms in total. The Morgan fingerprint density at radius 2 is 1.68 bits per heavy atom. The van der Waals surface area contributed by atoms with E-state index in [1.807, 2.05) is 73.7 Å². The molecule has 0 N–H and O–H groups in total. The van der Waals surface area contributed by atoms with Crippen molar-refractivity contribution in [3.05, 3.63) is 155 Å². The van der Waals surface area contributed by atoms with Gasteiger partial charge in [0.15, 0.2) is 16.3 Å². The zero-order valence-electron chi connectivity index (χ0n) is 25.6. The summed E-state index contributed by atoms with van der Waals surface area (Å²) in [5.41, 5.74) is 3.15. The number of nitrogens with zero attached hydrogens (tertiary/aromatic N) is 2. The van der Waals surface area contributed by atoms with Crippen LogP contribution in [0.1, 0.15) is 42.1 Å². The highest BCUT2D eigenvalue weighted by Gasteiger charge is 2.35. The number of thiazole rings is 1. The van der Waals surface area contributed by atoms with Gasteiger partial charge in [0.1, 0.15) is 12.4 Å². The first kappa shape index (κ1) is 32.0. The number of carbonyl (C=O) groups excluding carboxylic acids is 1. The number of fused-ring (bicyclic) bond motifs is 1. The lowest BCUT2D eigenvalue weighted by Crippen LogP contribution is -2.40. The van der Waals surface area contributed by atoms with Crippen molar-refractivity contribution in [2.24, 2.45) is 4.99 Å². The van der Waals surface area contributed by atoms with E-state index in [2.05, 4.69) is 0 Å². The van der Waals surface area contributed by atoms with E-state index in [-0.39, 0.29) is 17.7 Å². The topological polar surface area (TPSA) is 79.1 Å². The molecule has 47 heavy (non-hydrogen) atoms. The van der Waals surface area contributed by atoms with Crippen molar-refractivity contribution in [1.82, 2.24) is 4.57 Å². The standard InChI is InChI=1S/C37H30ClFN2O5S/c1-3-44-30-20-24(12-19-29(30)46-22-23-10-15-27(38)16-11-23)21-31-35(42)41-34(26-13-17-28(39)18-14-26)32(36(43)45-4-2)33(40-37(41)47-31)25-8-6-5-7-9-25/h5-21,34H,3-4,22H2,1-2H3/b31-21-/t34-/m0/s1. The van der Waals surface area contributed by atoms with Crippen LogP contribution in [-0.2, 0) is 16.1 Å². The lowest BCUT2D eigenvalue weighted by molar-refractivity contribution is -0.138. The first-order valence-electron chi connectivity index (χ1n) is 15.0. The van der Waals surface area contributed by atoms with Crippen LogP contribution in [0, 0.1) is 5.82 Å².